The first-order valence-corrected chi connectivity index (χ1v) is 11.5. The first-order valence-electron chi connectivity index (χ1n) is 8.83. The van der Waals surface area contributed by atoms with E-state index in [9.17, 15) is 13.2 Å². The van der Waals surface area contributed by atoms with E-state index in [4.69, 9.17) is 21.1 Å². The molecule has 0 atom stereocenters. The van der Waals surface area contributed by atoms with Crippen LogP contribution in [0.3, 0.4) is 0 Å². The standard InChI is InChI=1S/C20H19ClN2O5S2/c1-3-28-15-7-4-13(5-8-15)23-30(25,26)18-12-14(6-9-16(18)27-2)22-20(24)17-10-11-19(21)29-17/h4-12,23H,3H2,1-2H3,(H,22,24). The summed E-state index contributed by atoms with van der Waals surface area (Å²) in [4.78, 5) is 12.7. The van der Waals surface area contributed by atoms with E-state index in [0.29, 0.717) is 32.9 Å². The number of carbonyl (C=O) groups is 1. The average molecular weight is 467 g/mol. The maximum absolute atomic E-state index is 13.0. The van der Waals surface area contributed by atoms with Crippen LogP contribution in [-0.2, 0) is 10.0 Å². The minimum absolute atomic E-state index is 0.110. The molecule has 10 heteroatoms. The second kappa shape index (κ2) is 9.38. The number of nitrogens with one attached hydrogen (secondary N) is 2. The third-order valence-electron chi connectivity index (χ3n) is 3.93. The number of halogens is 1. The molecule has 0 aliphatic heterocycles. The molecular formula is C20H19ClN2O5S2. The maximum Gasteiger partial charge on any atom is 0.265 e. The number of amides is 1. The number of hydrogen-bond acceptors (Lipinski definition) is 6. The molecule has 1 amide bonds. The van der Waals surface area contributed by atoms with Gasteiger partial charge in [-0.2, -0.15) is 0 Å². The van der Waals surface area contributed by atoms with Gasteiger partial charge in [-0.15, -0.1) is 11.3 Å². The number of methoxy groups -OCH3 is 1. The molecule has 2 N–H and O–H groups in total. The summed E-state index contributed by atoms with van der Waals surface area (Å²) in [5.74, 6) is 0.391. The van der Waals surface area contributed by atoms with Gasteiger partial charge in [-0.1, -0.05) is 11.6 Å². The minimum atomic E-state index is -3.99. The smallest absolute Gasteiger partial charge is 0.265 e. The van der Waals surface area contributed by atoms with E-state index in [-0.39, 0.29) is 16.6 Å². The van der Waals surface area contributed by atoms with Crippen LogP contribution in [0.15, 0.2) is 59.5 Å². The molecule has 0 saturated heterocycles. The Labute approximate surface area is 183 Å². The molecule has 1 aromatic heterocycles. The maximum atomic E-state index is 13.0. The van der Waals surface area contributed by atoms with E-state index < -0.39 is 10.0 Å². The van der Waals surface area contributed by atoms with Gasteiger partial charge in [0.2, 0.25) is 0 Å². The van der Waals surface area contributed by atoms with Crippen molar-refractivity contribution in [1.29, 1.82) is 0 Å². The predicted octanol–water partition coefficient (Wildman–Crippen LogP) is 4.86. The zero-order valence-electron chi connectivity index (χ0n) is 16.1. The van der Waals surface area contributed by atoms with Crippen LogP contribution in [0.2, 0.25) is 4.34 Å². The highest BCUT2D eigenvalue weighted by Gasteiger charge is 2.21. The highest BCUT2D eigenvalue weighted by atomic mass is 35.5. The molecule has 30 heavy (non-hydrogen) atoms. The van der Waals surface area contributed by atoms with Crippen molar-refractivity contribution in [2.24, 2.45) is 0 Å². The van der Waals surface area contributed by atoms with Crippen molar-refractivity contribution in [3.8, 4) is 11.5 Å². The number of ether oxygens (including phenoxy) is 2. The summed E-state index contributed by atoms with van der Waals surface area (Å²) in [7, 11) is -2.61. The van der Waals surface area contributed by atoms with Gasteiger partial charge in [0.15, 0.2) is 0 Å². The third-order valence-corrected chi connectivity index (χ3v) is 6.56. The Hall–Kier alpha value is -2.75. The summed E-state index contributed by atoms with van der Waals surface area (Å²) < 4.78 is 39.5. The fourth-order valence-electron chi connectivity index (χ4n) is 2.59. The Bertz CT molecular complexity index is 1140. The molecule has 0 spiro atoms. The summed E-state index contributed by atoms with van der Waals surface area (Å²) in [5.41, 5.74) is 0.667. The Kier molecular flexibility index (Phi) is 6.86. The van der Waals surface area contributed by atoms with Crippen LogP contribution in [0.4, 0.5) is 11.4 Å². The van der Waals surface area contributed by atoms with Crippen molar-refractivity contribution in [3.05, 3.63) is 63.8 Å². The molecule has 3 aromatic rings. The van der Waals surface area contributed by atoms with Crippen molar-refractivity contribution in [2.75, 3.05) is 23.8 Å². The number of benzene rings is 2. The van der Waals surface area contributed by atoms with Crippen molar-refractivity contribution >= 4 is 50.2 Å². The Balaban J connectivity index is 1.85. The summed E-state index contributed by atoms with van der Waals surface area (Å²) in [6.45, 7) is 2.38. The lowest BCUT2D eigenvalue weighted by Gasteiger charge is -2.14. The predicted molar refractivity (Wildman–Crippen MR) is 119 cm³/mol. The molecule has 2 aromatic carbocycles. The number of sulfonamides is 1. The molecular weight excluding hydrogens is 448 g/mol. The van der Waals surface area contributed by atoms with Crippen molar-refractivity contribution < 1.29 is 22.7 Å². The lowest BCUT2D eigenvalue weighted by atomic mass is 10.3. The Morgan fingerprint density at radius 2 is 1.77 bits per heavy atom. The van der Waals surface area contributed by atoms with Gasteiger partial charge >= 0.3 is 0 Å². The summed E-state index contributed by atoms with van der Waals surface area (Å²) in [6, 6.07) is 14.1. The normalized spacial score (nSPS) is 11.0. The molecule has 0 saturated carbocycles. The number of rotatable bonds is 8. The van der Waals surface area contributed by atoms with Crippen molar-refractivity contribution in [1.82, 2.24) is 0 Å². The van der Waals surface area contributed by atoms with Crippen molar-refractivity contribution in [2.45, 2.75) is 11.8 Å². The van der Waals surface area contributed by atoms with E-state index in [0.717, 1.165) is 11.3 Å². The minimum Gasteiger partial charge on any atom is -0.495 e. The lowest BCUT2D eigenvalue weighted by Crippen LogP contribution is -2.15. The van der Waals surface area contributed by atoms with Crippen LogP contribution in [0.25, 0.3) is 0 Å². The molecule has 0 unspecified atom stereocenters. The molecule has 0 bridgehead atoms. The van der Waals surface area contributed by atoms with Gasteiger partial charge < -0.3 is 14.8 Å². The van der Waals surface area contributed by atoms with Gasteiger partial charge in [0, 0.05) is 11.4 Å². The fraction of sp³-hybridized carbons (Fsp3) is 0.150. The highest BCUT2D eigenvalue weighted by Crippen LogP contribution is 2.30. The summed E-state index contributed by atoms with van der Waals surface area (Å²) in [6.07, 6.45) is 0. The van der Waals surface area contributed by atoms with Gasteiger partial charge in [0.1, 0.15) is 16.4 Å². The molecule has 0 aliphatic carbocycles. The van der Waals surface area contributed by atoms with Crippen LogP contribution in [0, 0.1) is 0 Å². The van der Waals surface area contributed by atoms with Crippen molar-refractivity contribution in [3.63, 3.8) is 0 Å². The number of anilines is 2. The summed E-state index contributed by atoms with van der Waals surface area (Å²) in [5, 5.41) is 2.67. The van der Waals surface area contributed by atoms with Gasteiger partial charge in [0.05, 0.1) is 22.9 Å². The highest BCUT2D eigenvalue weighted by molar-refractivity contribution is 7.92. The van der Waals surface area contributed by atoms with Crippen LogP contribution in [0.5, 0.6) is 11.5 Å². The van der Waals surface area contributed by atoms with E-state index >= 15 is 0 Å². The van der Waals surface area contributed by atoms with Crippen LogP contribution >= 0.6 is 22.9 Å². The molecule has 158 valence electrons. The van der Waals surface area contributed by atoms with E-state index in [1.54, 1.807) is 42.5 Å². The van der Waals surface area contributed by atoms with Gasteiger partial charge in [-0.25, -0.2) is 8.42 Å². The average Bonchev–Trinajstić information content (AvgIpc) is 3.16. The first-order chi connectivity index (χ1) is 14.3. The monoisotopic (exact) mass is 466 g/mol. The quantitative estimate of drug-likeness (QED) is 0.494. The summed E-state index contributed by atoms with van der Waals surface area (Å²) >= 11 is 6.99. The zero-order valence-corrected chi connectivity index (χ0v) is 18.5. The first kappa shape index (κ1) is 21.9. The molecule has 1 heterocycles. The second-order valence-electron chi connectivity index (χ2n) is 5.99. The second-order valence-corrected chi connectivity index (χ2v) is 9.35. The molecule has 3 rings (SSSR count). The SMILES string of the molecule is CCOc1ccc(NS(=O)(=O)c2cc(NC(=O)c3ccc(Cl)s3)ccc2OC)cc1. The van der Waals surface area contributed by atoms with Crippen LogP contribution in [-0.4, -0.2) is 28.0 Å². The van der Waals surface area contributed by atoms with E-state index in [1.807, 2.05) is 6.92 Å². The lowest BCUT2D eigenvalue weighted by molar-refractivity contribution is 0.103. The van der Waals surface area contributed by atoms with Gasteiger partial charge in [-0.3, -0.25) is 9.52 Å². The topological polar surface area (TPSA) is 93.7 Å². The molecule has 7 nitrogen and oxygen atoms in total. The number of thiophene rings is 1. The molecule has 0 fully saturated rings. The largest absolute Gasteiger partial charge is 0.495 e. The third kappa shape index (κ3) is 5.24. The Morgan fingerprint density at radius 3 is 2.37 bits per heavy atom. The Morgan fingerprint density at radius 1 is 1.07 bits per heavy atom. The molecule has 0 radical (unpaired) electrons. The van der Waals surface area contributed by atoms with E-state index in [1.165, 1.54) is 19.2 Å². The van der Waals surface area contributed by atoms with Crippen LogP contribution < -0.4 is 19.5 Å². The molecule has 0 aliphatic rings. The van der Waals surface area contributed by atoms with E-state index in [2.05, 4.69) is 10.0 Å². The van der Waals surface area contributed by atoms with Gasteiger partial charge in [0.25, 0.3) is 15.9 Å². The zero-order chi connectivity index (χ0) is 21.7. The number of carbonyl (C=O) groups excluding carboxylic acids is 1. The fourth-order valence-corrected chi connectivity index (χ4v) is 4.78. The number of hydrogen-bond donors (Lipinski definition) is 2. The van der Waals surface area contributed by atoms with Gasteiger partial charge in [-0.05, 0) is 61.5 Å². The van der Waals surface area contributed by atoms with Crippen LogP contribution in [0.1, 0.15) is 16.6 Å².